The van der Waals surface area contributed by atoms with Crippen molar-refractivity contribution in [1.82, 2.24) is 24.8 Å². The number of rotatable bonds is 6. The lowest BCUT2D eigenvalue weighted by Gasteiger charge is -2.11. The zero-order chi connectivity index (χ0) is 26.8. The van der Waals surface area contributed by atoms with Gasteiger partial charge in [-0.05, 0) is 60.5 Å². The van der Waals surface area contributed by atoms with E-state index < -0.39 is 0 Å². The third-order valence-electron chi connectivity index (χ3n) is 6.65. The Bertz CT molecular complexity index is 1770. The van der Waals surface area contributed by atoms with Gasteiger partial charge in [0.25, 0.3) is 5.91 Å². The van der Waals surface area contributed by atoms with E-state index in [1.165, 1.54) is 5.56 Å². The molecule has 0 fully saturated rings. The number of pyridine rings is 2. The molecule has 0 aliphatic rings. The second-order valence-electron chi connectivity index (χ2n) is 9.35. The van der Waals surface area contributed by atoms with Crippen LogP contribution in [0.15, 0.2) is 109 Å². The van der Waals surface area contributed by atoms with Crippen LogP contribution in [-0.4, -0.2) is 25.4 Å². The van der Waals surface area contributed by atoms with Crippen LogP contribution in [0.25, 0.3) is 39.4 Å². The topological polar surface area (TPSA) is 98.7 Å². The Labute approximate surface area is 226 Å². The van der Waals surface area contributed by atoms with Gasteiger partial charge in [-0.2, -0.15) is 0 Å². The molecular weight excluding hydrogens is 484 g/mol. The molecule has 0 saturated carbocycles. The molecule has 3 heterocycles. The van der Waals surface area contributed by atoms with Gasteiger partial charge in [-0.15, -0.1) is 0 Å². The molecule has 6 rings (SSSR count). The van der Waals surface area contributed by atoms with Gasteiger partial charge < -0.3 is 11.1 Å². The molecular formula is C32H26N6O. The van der Waals surface area contributed by atoms with Crippen molar-refractivity contribution in [1.29, 1.82) is 0 Å². The fourth-order valence-corrected chi connectivity index (χ4v) is 4.54. The molecule has 3 aromatic heterocycles. The number of carbonyl (C=O) groups excluding carboxylic acids is 1. The van der Waals surface area contributed by atoms with Gasteiger partial charge in [0, 0.05) is 35.8 Å². The minimum atomic E-state index is -0.108. The number of aryl methyl sites for hydroxylation is 1. The van der Waals surface area contributed by atoms with E-state index >= 15 is 0 Å². The number of aromatic nitrogens is 4. The Morgan fingerprint density at radius 3 is 2.38 bits per heavy atom. The summed E-state index contributed by atoms with van der Waals surface area (Å²) in [6.07, 6.45) is 3.53. The van der Waals surface area contributed by atoms with Crippen LogP contribution >= 0.6 is 0 Å². The van der Waals surface area contributed by atoms with Gasteiger partial charge in [0.2, 0.25) is 0 Å². The van der Waals surface area contributed by atoms with E-state index in [0.717, 1.165) is 33.5 Å². The monoisotopic (exact) mass is 510 g/mol. The first kappa shape index (κ1) is 24.1. The number of nitrogen functional groups attached to an aromatic ring is 1. The molecule has 3 N–H and O–H groups in total. The molecule has 6 aromatic rings. The van der Waals surface area contributed by atoms with Crippen LogP contribution in [0.5, 0.6) is 0 Å². The Hall–Kier alpha value is -5.30. The Morgan fingerprint density at radius 1 is 0.872 bits per heavy atom. The average Bonchev–Trinajstić information content (AvgIpc) is 3.36. The van der Waals surface area contributed by atoms with E-state index in [1.807, 2.05) is 71.4 Å². The predicted molar refractivity (Wildman–Crippen MR) is 154 cm³/mol. The number of nitrogens with two attached hydrogens (primary N) is 1. The number of imidazole rings is 1. The van der Waals surface area contributed by atoms with E-state index in [0.29, 0.717) is 29.4 Å². The largest absolute Gasteiger partial charge is 0.383 e. The fraction of sp³-hybridized carbons (Fsp3) is 0.0625. The summed E-state index contributed by atoms with van der Waals surface area (Å²) in [6.45, 7) is 2.49. The van der Waals surface area contributed by atoms with Crippen LogP contribution in [-0.2, 0) is 6.54 Å². The van der Waals surface area contributed by atoms with Crippen molar-refractivity contribution in [3.8, 4) is 28.2 Å². The maximum absolute atomic E-state index is 12.4. The van der Waals surface area contributed by atoms with Gasteiger partial charge in [0.15, 0.2) is 11.5 Å². The zero-order valence-corrected chi connectivity index (χ0v) is 21.4. The third kappa shape index (κ3) is 4.85. The van der Waals surface area contributed by atoms with E-state index in [4.69, 9.17) is 15.7 Å². The Balaban J connectivity index is 1.37. The summed E-state index contributed by atoms with van der Waals surface area (Å²) in [5, 5.41) is 2.97. The SMILES string of the molecule is Cc1ccc(-c2cnc3c(c2)nc(-c2cccnc2N)n3-c2ccc(CNC(=O)c3ccccc3)cc2)cc1. The van der Waals surface area contributed by atoms with Gasteiger partial charge >= 0.3 is 0 Å². The quantitative estimate of drug-likeness (QED) is 0.288. The van der Waals surface area contributed by atoms with Crippen molar-refractivity contribution in [2.45, 2.75) is 13.5 Å². The molecule has 0 aliphatic carbocycles. The van der Waals surface area contributed by atoms with Gasteiger partial charge in [0.05, 0.1) is 5.56 Å². The summed E-state index contributed by atoms with van der Waals surface area (Å²) in [5.41, 5.74) is 14.2. The highest BCUT2D eigenvalue weighted by Gasteiger charge is 2.18. The van der Waals surface area contributed by atoms with Crippen molar-refractivity contribution in [2.75, 3.05) is 5.73 Å². The molecule has 1 amide bonds. The smallest absolute Gasteiger partial charge is 0.251 e. The Morgan fingerprint density at radius 2 is 1.64 bits per heavy atom. The molecule has 7 heteroatoms. The highest BCUT2D eigenvalue weighted by molar-refractivity contribution is 5.94. The standard InChI is InChI=1S/C32H26N6O/c1-21-9-13-23(14-10-21)25-18-28-31(35-20-25)38(30(37-28)27-8-5-17-34-29(27)33)26-15-11-22(12-16-26)19-36-32(39)24-6-3-2-4-7-24/h2-18,20H,19H2,1H3,(H2,33,34)(H,36,39). The maximum Gasteiger partial charge on any atom is 0.251 e. The minimum Gasteiger partial charge on any atom is -0.383 e. The molecule has 190 valence electrons. The molecule has 0 spiro atoms. The number of nitrogens with zero attached hydrogens (tertiary/aromatic N) is 4. The predicted octanol–water partition coefficient (Wildman–Crippen LogP) is 5.97. The lowest BCUT2D eigenvalue weighted by Crippen LogP contribution is -2.22. The number of benzene rings is 3. The van der Waals surface area contributed by atoms with Crippen LogP contribution < -0.4 is 11.1 Å². The number of hydrogen-bond donors (Lipinski definition) is 2. The van der Waals surface area contributed by atoms with Gasteiger partial charge in [-0.25, -0.2) is 15.0 Å². The third-order valence-corrected chi connectivity index (χ3v) is 6.65. The summed E-state index contributed by atoms with van der Waals surface area (Å²) in [4.78, 5) is 26.5. The minimum absolute atomic E-state index is 0.108. The normalized spacial score (nSPS) is 11.0. The number of amides is 1. The summed E-state index contributed by atoms with van der Waals surface area (Å²) >= 11 is 0. The summed E-state index contributed by atoms with van der Waals surface area (Å²) in [5.74, 6) is 0.950. The Kier molecular flexibility index (Phi) is 6.31. The van der Waals surface area contributed by atoms with Gasteiger partial charge in [0.1, 0.15) is 11.3 Å². The molecule has 0 bridgehead atoms. The maximum atomic E-state index is 12.4. The lowest BCUT2D eigenvalue weighted by molar-refractivity contribution is 0.0951. The number of hydrogen-bond acceptors (Lipinski definition) is 5. The first-order valence-corrected chi connectivity index (χ1v) is 12.7. The molecule has 0 aliphatic heterocycles. The molecule has 0 radical (unpaired) electrons. The molecule has 39 heavy (non-hydrogen) atoms. The first-order chi connectivity index (χ1) is 19.1. The van der Waals surface area contributed by atoms with Crippen LogP contribution in [0.2, 0.25) is 0 Å². The summed E-state index contributed by atoms with van der Waals surface area (Å²) < 4.78 is 1.99. The molecule has 0 unspecified atom stereocenters. The summed E-state index contributed by atoms with van der Waals surface area (Å²) in [7, 11) is 0. The number of anilines is 1. The highest BCUT2D eigenvalue weighted by Crippen LogP contribution is 2.32. The number of nitrogens with one attached hydrogen (secondary N) is 1. The van der Waals surface area contributed by atoms with Crippen molar-refractivity contribution < 1.29 is 4.79 Å². The average molecular weight is 511 g/mol. The zero-order valence-electron chi connectivity index (χ0n) is 21.4. The molecule has 7 nitrogen and oxygen atoms in total. The van der Waals surface area contributed by atoms with Crippen LogP contribution in [0.3, 0.4) is 0 Å². The molecule has 3 aromatic carbocycles. The van der Waals surface area contributed by atoms with E-state index in [-0.39, 0.29) is 5.91 Å². The van der Waals surface area contributed by atoms with Gasteiger partial charge in [-0.1, -0.05) is 60.2 Å². The number of fused-ring (bicyclic) bond motifs is 1. The second-order valence-corrected chi connectivity index (χ2v) is 9.35. The number of carbonyl (C=O) groups is 1. The second kappa shape index (κ2) is 10.2. The van der Waals surface area contributed by atoms with E-state index in [1.54, 1.807) is 18.3 Å². The van der Waals surface area contributed by atoms with E-state index in [9.17, 15) is 4.79 Å². The van der Waals surface area contributed by atoms with Crippen molar-refractivity contribution in [3.63, 3.8) is 0 Å². The molecule has 0 atom stereocenters. The van der Waals surface area contributed by atoms with Gasteiger partial charge in [-0.3, -0.25) is 9.36 Å². The van der Waals surface area contributed by atoms with Crippen molar-refractivity contribution in [3.05, 3.63) is 126 Å². The molecule has 0 saturated heterocycles. The van der Waals surface area contributed by atoms with Crippen LogP contribution in [0, 0.1) is 6.92 Å². The van der Waals surface area contributed by atoms with E-state index in [2.05, 4.69) is 41.5 Å². The lowest BCUT2D eigenvalue weighted by atomic mass is 10.1. The highest BCUT2D eigenvalue weighted by atomic mass is 16.1. The van der Waals surface area contributed by atoms with Crippen molar-refractivity contribution in [2.24, 2.45) is 0 Å². The summed E-state index contributed by atoms with van der Waals surface area (Å²) in [6, 6.07) is 31.3. The van der Waals surface area contributed by atoms with Crippen LogP contribution in [0.4, 0.5) is 5.82 Å². The van der Waals surface area contributed by atoms with Crippen LogP contribution in [0.1, 0.15) is 21.5 Å². The van der Waals surface area contributed by atoms with Crippen molar-refractivity contribution >= 4 is 22.9 Å². The first-order valence-electron chi connectivity index (χ1n) is 12.7. The fourth-order valence-electron chi connectivity index (χ4n) is 4.54.